The first kappa shape index (κ1) is 10.1. The van der Waals surface area contributed by atoms with Crippen LogP contribution in [0.25, 0.3) is 0 Å². The number of nitrogens with one attached hydrogen (secondary N) is 1. The van der Waals surface area contributed by atoms with Gasteiger partial charge >= 0.3 is 0 Å². The van der Waals surface area contributed by atoms with Gasteiger partial charge in [-0.15, -0.1) is 11.3 Å². The first-order chi connectivity index (χ1) is 6.57. The second kappa shape index (κ2) is 3.65. The first-order valence-electron chi connectivity index (χ1n) is 4.98. The zero-order valence-corrected chi connectivity index (χ0v) is 9.78. The maximum atomic E-state index is 5.79. The molecule has 0 spiro atoms. The van der Waals surface area contributed by atoms with Gasteiger partial charge in [-0.2, -0.15) is 0 Å². The molecule has 0 radical (unpaired) electrons. The summed E-state index contributed by atoms with van der Waals surface area (Å²) >= 11 is 1.81. The molecular formula is C11H17NOS. The number of hydrogen-bond donors (Lipinski definition) is 1. The molecule has 14 heavy (non-hydrogen) atoms. The Hall–Kier alpha value is -0.380. The molecule has 0 aromatic carbocycles. The minimum atomic E-state index is 0.113. The molecule has 1 aliphatic heterocycles. The van der Waals surface area contributed by atoms with Crippen molar-refractivity contribution in [1.82, 2.24) is 5.32 Å². The summed E-state index contributed by atoms with van der Waals surface area (Å²) in [5.74, 6) is 0. The number of rotatable bonds is 1. The van der Waals surface area contributed by atoms with E-state index in [2.05, 4.69) is 38.2 Å². The minimum Gasteiger partial charge on any atom is -0.358 e. The smallest absolute Gasteiger partial charge is 0.143 e. The molecule has 1 N–H and O–H groups in total. The van der Waals surface area contributed by atoms with E-state index in [1.807, 2.05) is 0 Å². The van der Waals surface area contributed by atoms with Gasteiger partial charge in [-0.1, -0.05) is 13.8 Å². The SMILES string of the molecule is Cc1ccc(C2NCC(C)(C)CO2)s1. The molecule has 0 bridgehead atoms. The lowest BCUT2D eigenvalue weighted by Gasteiger charge is -2.35. The largest absolute Gasteiger partial charge is 0.358 e. The Balaban J connectivity index is 2.02. The Morgan fingerprint density at radius 1 is 1.50 bits per heavy atom. The van der Waals surface area contributed by atoms with Gasteiger partial charge in [0, 0.05) is 21.7 Å². The van der Waals surface area contributed by atoms with E-state index in [4.69, 9.17) is 4.74 Å². The van der Waals surface area contributed by atoms with Crippen LogP contribution in [0.15, 0.2) is 12.1 Å². The van der Waals surface area contributed by atoms with E-state index in [0.29, 0.717) is 0 Å². The highest BCUT2D eigenvalue weighted by Gasteiger charge is 2.28. The summed E-state index contributed by atoms with van der Waals surface area (Å²) in [5.41, 5.74) is 0.267. The average Bonchev–Trinajstić information content (AvgIpc) is 2.52. The molecule has 1 atom stereocenters. The van der Waals surface area contributed by atoms with Crippen molar-refractivity contribution in [2.75, 3.05) is 13.2 Å². The van der Waals surface area contributed by atoms with Crippen LogP contribution in [0.3, 0.4) is 0 Å². The van der Waals surface area contributed by atoms with Crippen LogP contribution < -0.4 is 5.32 Å². The number of aryl methyl sites for hydroxylation is 1. The molecule has 2 rings (SSSR count). The lowest BCUT2D eigenvalue weighted by Crippen LogP contribution is -2.42. The van der Waals surface area contributed by atoms with Crippen molar-refractivity contribution in [3.63, 3.8) is 0 Å². The number of thiophene rings is 1. The molecule has 0 amide bonds. The van der Waals surface area contributed by atoms with Crippen molar-refractivity contribution in [3.05, 3.63) is 21.9 Å². The molecule has 1 saturated heterocycles. The predicted molar refractivity (Wildman–Crippen MR) is 59.5 cm³/mol. The molecule has 1 aromatic heterocycles. The van der Waals surface area contributed by atoms with Crippen molar-refractivity contribution < 1.29 is 4.74 Å². The maximum absolute atomic E-state index is 5.79. The van der Waals surface area contributed by atoms with Gasteiger partial charge in [0.25, 0.3) is 0 Å². The topological polar surface area (TPSA) is 21.3 Å². The van der Waals surface area contributed by atoms with Crippen LogP contribution in [0.1, 0.15) is 29.8 Å². The monoisotopic (exact) mass is 211 g/mol. The second-order valence-corrected chi connectivity index (χ2v) is 6.00. The summed E-state index contributed by atoms with van der Waals surface area (Å²) < 4.78 is 5.79. The highest BCUT2D eigenvalue weighted by Crippen LogP contribution is 2.29. The van der Waals surface area contributed by atoms with E-state index in [1.54, 1.807) is 11.3 Å². The van der Waals surface area contributed by atoms with Crippen LogP contribution in [-0.4, -0.2) is 13.2 Å². The molecule has 0 saturated carbocycles. The average molecular weight is 211 g/mol. The molecule has 1 aromatic rings. The standard InChI is InChI=1S/C11H17NOS/c1-8-4-5-9(14-8)10-12-6-11(2,3)7-13-10/h4-5,10,12H,6-7H2,1-3H3. The van der Waals surface area contributed by atoms with E-state index < -0.39 is 0 Å². The molecule has 2 heterocycles. The van der Waals surface area contributed by atoms with Crippen LogP contribution in [0.4, 0.5) is 0 Å². The molecule has 1 aliphatic rings. The Kier molecular flexibility index (Phi) is 2.64. The summed E-state index contributed by atoms with van der Waals surface area (Å²) in [6.07, 6.45) is 0.113. The van der Waals surface area contributed by atoms with Crippen LogP contribution in [0, 0.1) is 12.3 Å². The highest BCUT2D eigenvalue weighted by atomic mass is 32.1. The molecule has 78 valence electrons. The van der Waals surface area contributed by atoms with E-state index in [0.717, 1.165) is 13.2 Å². The highest BCUT2D eigenvalue weighted by molar-refractivity contribution is 7.12. The van der Waals surface area contributed by atoms with Gasteiger partial charge in [-0.3, -0.25) is 5.32 Å². The van der Waals surface area contributed by atoms with E-state index >= 15 is 0 Å². The van der Waals surface area contributed by atoms with Crippen molar-refractivity contribution in [2.24, 2.45) is 5.41 Å². The summed E-state index contributed by atoms with van der Waals surface area (Å²) in [6.45, 7) is 8.42. The lowest BCUT2D eigenvalue weighted by atomic mass is 9.93. The van der Waals surface area contributed by atoms with Gasteiger partial charge in [0.1, 0.15) is 6.23 Å². The fraction of sp³-hybridized carbons (Fsp3) is 0.636. The van der Waals surface area contributed by atoms with Crippen molar-refractivity contribution in [1.29, 1.82) is 0 Å². The minimum absolute atomic E-state index is 0.113. The normalized spacial score (nSPS) is 26.4. The van der Waals surface area contributed by atoms with Crippen molar-refractivity contribution in [2.45, 2.75) is 27.0 Å². The molecule has 0 aliphatic carbocycles. The van der Waals surface area contributed by atoms with Gasteiger partial charge in [0.05, 0.1) is 6.61 Å². The van der Waals surface area contributed by atoms with E-state index in [-0.39, 0.29) is 11.6 Å². The van der Waals surface area contributed by atoms with Crippen LogP contribution in [-0.2, 0) is 4.74 Å². The summed E-state index contributed by atoms with van der Waals surface area (Å²) in [7, 11) is 0. The van der Waals surface area contributed by atoms with Gasteiger partial charge in [-0.05, 0) is 19.1 Å². The van der Waals surface area contributed by atoms with Gasteiger partial charge in [-0.25, -0.2) is 0 Å². The first-order valence-corrected chi connectivity index (χ1v) is 5.80. The predicted octanol–water partition coefficient (Wildman–Crippen LogP) is 2.70. The lowest BCUT2D eigenvalue weighted by molar-refractivity contribution is -0.0577. The fourth-order valence-electron chi connectivity index (χ4n) is 1.56. The number of hydrogen-bond acceptors (Lipinski definition) is 3. The Bertz CT molecular complexity index is 309. The third-order valence-corrected chi connectivity index (χ3v) is 3.47. The second-order valence-electron chi connectivity index (χ2n) is 4.68. The third kappa shape index (κ3) is 2.16. The summed E-state index contributed by atoms with van der Waals surface area (Å²) in [5, 5.41) is 3.43. The molecule has 1 fully saturated rings. The Morgan fingerprint density at radius 2 is 2.29 bits per heavy atom. The summed E-state index contributed by atoms with van der Waals surface area (Å²) in [4.78, 5) is 2.63. The van der Waals surface area contributed by atoms with E-state index in [9.17, 15) is 0 Å². The van der Waals surface area contributed by atoms with Gasteiger partial charge < -0.3 is 4.74 Å². The Morgan fingerprint density at radius 3 is 2.79 bits per heavy atom. The molecular weight excluding hydrogens is 194 g/mol. The number of ether oxygens (including phenoxy) is 1. The van der Waals surface area contributed by atoms with Gasteiger partial charge in [0.15, 0.2) is 0 Å². The zero-order valence-electron chi connectivity index (χ0n) is 8.96. The van der Waals surface area contributed by atoms with Crippen LogP contribution >= 0.6 is 11.3 Å². The van der Waals surface area contributed by atoms with E-state index in [1.165, 1.54) is 9.75 Å². The summed E-state index contributed by atoms with van der Waals surface area (Å²) in [6, 6.07) is 4.29. The molecule has 1 unspecified atom stereocenters. The molecule has 2 nitrogen and oxygen atoms in total. The zero-order chi connectivity index (χ0) is 10.2. The maximum Gasteiger partial charge on any atom is 0.143 e. The van der Waals surface area contributed by atoms with Crippen molar-refractivity contribution in [3.8, 4) is 0 Å². The fourth-order valence-corrected chi connectivity index (χ4v) is 2.47. The quantitative estimate of drug-likeness (QED) is 0.771. The Labute approximate surface area is 89.3 Å². The molecule has 3 heteroatoms. The van der Waals surface area contributed by atoms with Crippen molar-refractivity contribution >= 4 is 11.3 Å². The van der Waals surface area contributed by atoms with Crippen LogP contribution in [0.5, 0.6) is 0 Å². The van der Waals surface area contributed by atoms with Gasteiger partial charge in [0.2, 0.25) is 0 Å². The van der Waals surface area contributed by atoms with Crippen LogP contribution in [0.2, 0.25) is 0 Å². The third-order valence-electron chi connectivity index (χ3n) is 2.43.